The lowest BCUT2D eigenvalue weighted by Gasteiger charge is -2.29. The molecule has 1 unspecified atom stereocenters. The minimum atomic E-state index is -1.22. The third kappa shape index (κ3) is 2.85. The van der Waals surface area contributed by atoms with Gasteiger partial charge >= 0.3 is 0 Å². The van der Waals surface area contributed by atoms with Crippen molar-refractivity contribution in [1.82, 2.24) is 9.78 Å². The Morgan fingerprint density at radius 3 is 2.60 bits per heavy atom. The minimum Gasteiger partial charge on any atom is -0.379 e. The molecule has 1 atom stereocenters. The van der Waals surface area contributed by atoms with Crippen LogP contribution in [-0.4, -0.2) is 20.8 Å². The fraction of sp³-hybridized carbons (Fsp3) is 0.400. The number of aromatic nitrogens is 2. The Morgan fingerprint density at radius 2 is 2.00 bits per heavy atom. The Balaban J connectivity index is 2.56. The summed E-state index contributed by atoms with van der Waals surface area (Å²) in [6.45, 7) is 2.77. The quantitative estimate of drug-likeness (QED) is 0.824. The summed E-state index contributed by atoms with van der Waals surface area (Å²) < 4.78 is 1.77. The van der Waals surface area contributed by atoms with Crippen LogP contribution in [-0.2, 0) is 12.1 Å². The predicted molar refractivity (Wildman–Crippen MR) is 82.3 cm³/mol. The van der Waals surface area contributed by atoms with Crippen molar-refractivity contribution in [2.45, 2.75) is 31.9 Å². The molecule has 0 spiro atoms. The number of aliphatic hydroxyl groups is 1. The van der Waals surface area contributed by atoms with Gasteiger partial charge in [0.25, 0.3) is 0 Å². The smallest absolute Gasteiger partial charge is 0.134 e. The largest absolute Gasteiger partial charge is 0.379 e. The van der Waals surface area contributed by atoms with Gasteiger partial charge < -0.3 is 5.11 Å². The van der Waals surface area contributed by atoms with Crippen molar-refractivity contribution in [1.29, 1.82) is 0 Å². The van der Waals surface area contributed by atoms with Crippen LogP contribution in [0, 0.1) is 0 Å². The van der Waals surface area contributed by atoms with Gasteiger partial charge in [-0.15, -0.1) is 11.6 Å². The third-order valence-corrected chi connectivity index (χ3v) is 3.80. The highest BCUT2D eigenvalue weighted by Crippen LogP contribution is 2.37. The molecule has 2 aromatic rings. The van der Waals surface area contributed by atoms with E-state index >= 15 is 0 Å². The van der Waals surface area contributed by atoms with E-state index in [1.165, 1.54) is 0 Å². The first-order valence-corrected chi connectivity index (χ1v) is 7.60. The van der Waals surface area contributed by atoms with Gasteiger partial charge in [-0.2, -0.15) is 5.10 Å². The van der Waals surface area contributed by atoms with E-state index < -0.39 is 5.60 Å². The summed E-state index contributed by atoms with van der Waals surface area (Å²) >= 11 is 12.2. The lowest BCUT2D eigenvalue weighted by molar-refractivity contribution is 0.0674. The summed E-state index contributed by atoms with van der Waals surface area (Å²) in [4.78, 5) is 0. The SMILES string of the molecule is CCCn1ncc(Cl)c1C(O)(CCCl)c1ccccc1. The zero-order valence-corrected chi connectivity index (χ0v) is 12.9. The molecule has 5 heteroatoms. The molecule has 0 fully saturated rings. The van der Waals surface area contributed by atoms with Gasteiger partial charge in [-0.1, -0.05) is 48.9 Å². The second-order valence-corrected chi connectivity index (χ2v) is 5.51. The Hall–Kier alpha value is -1.03. The molecule has 3 nitrogen and oxygen atoms in total. The van der Waals surface area contributed by atoms with E-state index in [9.17, 15) is 5.11 Å². The van der Waals surface area contributed by atoms with Gasteiger partial charge in [0.1, 0.15) is 5.60 Å². The minimum absolute atomic E-state index is 0.332. The zero-order valence-electron chi connectivity index (χ0n) is 11.4. The van der Waals surface area contributed by atoms with Crippen LogP contribution in [0.1, 0.15) is 31.0 Å². The number of rotatable bonds is 6. The van der Waals surface area contributed by atoms with Gasteiger partial charge in [0.2, 0.25) is 0 Å². The topological polar surface area (TPSA) is 38.0 Å². The van der Waals surface area contributed by atoms with Crippen LogP contribution in [0.5, 0.6) is 0 Å². The van der Waals surface area contributed by atoms with Crippen LogP contribution in [0.15, 0.2) is 36.5 Å². The Labute approximate surface area is 129 Å². The first-order valence-electron chi connectivity index (χ1n) is 6.69. The molecule has 1 aromatic carbocycles. The number of alkyl halides is 1. The first-order chi connectivity index (χ1) is 9.63. The third-order valence-electron chi connectivity index (χ3n) is 3.33. The van der Waals surface area contributed by atoms with E-state index in [0.29, 0.717) is 29.6 Å². The Morgan fingerprint density at radius 1 is 1.30 bits per heavy atom. The van der Waals surface area contributed by atoms with Crippen LogP contribution in [0.2, 0.25) is 5.02 Å². The average Bonchev–Trinajstić information content (AvgIpc) is 2.82. The molecule has 0 amide bonds. The number of nitrogens with zero attached hydrogens (tertiary/aromatic N) is 2. The summed E-state index contributed by atoms with van der Waals surface area (Å²) in [7, 11) is 0. The van der Waals surface area contributed by atoms with Crippen molar-refractivity contribution in [2.75, 3.05) is 5.88 Å². The van der Waals surface area contributed by atoms with Gasteiger partial charge in [-0.25, -0.2) is 0 Å². The molecule has 0 aliphatic rings. The van der Waals surface area contributed by atoms with Crippen LogP contribution in [0.25, 0.3) is 0 Å². The summed E-state index contributed by atoms with van der Waals surface area (Å²) in [6, 6.07) is 9.46. The number of hydrogen-bond donors (Lipinski definition) is 1. The van der Waals surface area contributed by atoms with E-state index in [1.807, 2.05) is 30.3 Å². The number of aryl methyl sites for hydroxylation is 1. The second kappa shape index (κ2) is 6.61. The van der Waals surface area contributed by atoms with Gasteiger partial charge in [0.05, 0.1) is 16.9 Å². The predicted octanol–water partition coefficient (Wildman–Crippen LogP) is 3.81. The molecule has 1 N–H and O–H groups in total. The summed E-state index contributed by atoms with van der Waals surface area (Å²) in [6.07, 6.45) is 2.87. The van der Waals surface area contributed by atoms with E-state index in [4.69, 9.17) is 23.2 Å². The molecule has 1 heterocycles. The molecule has 1 aromatic heterocycles. The highest BCUT2D eigenvalue weighted by molar-refractivity contribution is 6.31. The summed E-state index contributed by atoms with van der Waals surface area (Å²) in [5.41, 5.74) is 0.180. The highest BCUT2D eigenvalue weighted by atomic mass is 35.5. The Bertz CT molecular complexity index is 556. The van der Waals surface area contributed by atoms with Gasteiger partial charge in [0.15, 0.2) is 0 Å². The number of hydrogen-bond acceptors (Lipinski definition) is 2. The van der Waals surface area contributed by atoms with E-state index in [0.717, 1.165) is 12.0 Å². The summed E-state index contributed by atoms with van der Waals surface area (Å²) in [5, 5.41) is 15.9. The molecule has 108 valence electrons. The Kier molecular flexibility index (Phi) is 5.08. The van der Waals surface area contributed by atoms with Crippen molar-refractivity contribution in [3.8, 4) is 0 Å². The fourth-order valence-corrected chi connectivity index (χ4v) is 2.98. The standard InChI is InChI=1S/C15H18Cl2N2O/c1-2-10-19-14(13(17)11-18-19)15(20,8-9-16)12-6-4-3-5-7-12/h3-7,11,20H,2,8-10H2,1H3. The molecule has 2 rings (SSSR count). The monoisotopic (exact) mass is 312 g/mol. The highest BCUT2D eigenvalue weighted by Gasteiger charge is 2.36. The van der Waals surface area contributed by atoms with Gasteiger partial charge in [0, 0.05) is 12.4 Å². The average molecular weight is 313 g/mol. The van der Waals surface area contributed by atoms with Gasteiger partial charge in [-0.05, 0) is 18.4 Å². The number of halogens is 2. The maximum Gasteiger partial charge on any atom is 0.134 e. The molecule has 0 aliphatic heterocycles. The molecular weight excluding hydrogens is 295 g/mol. The number of benzene rings is 1. The molecule has 0 saturated carbocycles. The van der Waals surface area contributed by atoms with Crippen molar-refractivity contribution >= 4 is 23.2 Å². The molecule has 0 bridgehead atoms. The lowest BCUT2D eigenvalue weighted by atomic mass is 9.87. The molecular formula is C15H18Cl2N2O. The molecule has 0 radical (unpaired) electrons. The van der Waals surface area contributed by atoms with E-state index in [2.05, 4.69) is 12.0 Å². The van der Waals surface area contributed by atoms with Crippen molar-refractivity contribution < 1.29 is 5.11 Å². The maximum atomic E-state index is 11.2. The van der Waals surface area contributed by atoms with E-state index in [1.54, 1.807) is 10.9 Å². The maximum absolute atomic E-state index is 11.2. The van der Waals surface area contributed by atoms with E-state index in [-0.39, 0.29) is 0 Å². The normalized spacial score (nSPS) is 14.2. The van der Waals surface area contributed by atoms with Crippen molar-refractivity contribution in [3.05, 3.63) is 52.8 Å². The summed E-state index contributed by atoms with van der Waals surface area (Å²) in [5.74, 6) is 0.332. The fourth-order valence-electron chi connectivity index (χ4n) is 2.41. The second-order valence-electron chi connectivity index (χ2n) is 4.73. The van der Waals surface area contributed by atoms with Crippen LogP contribution < -0.4 is 0 Å². The molecule has 0 aliphatic carbocycles. The van der Waals surface area contributed by atoms with Crippen LogP contribution in [0.3, 0.4) is 0 Å². The van der Waals surface area contributed by atoms with Crippen LogP contribution >= 0.6 is 23.2 Å². The molecule has 20 heavy (non-hydrogen) atoms. The van der Waals surface area contributed by atoms with Crippen molar-refractivity contribution in [3.63, 3.8) is 0 Å². The molecule has 0 saturated heterocycles. The lowest BCUT2D eigenvalue weighted by Crippen LogP contribution is -2.31. The van der Waals surface area contributed by atoms with Crippen molar-refractivity contribution in [2.24, 2.45) is 0 Å². The zero-order chi connectivity index (χ0) is 14.6. The van der Waals surface area contributed by atoms with Crippen LogP contribution in [0.4, 0.5) is 0 Å². The van der Waals surface area contributed by atoms with Gasteiger partial charge in [-0.3, -0.25) is 4.68 Å². The first kappa shape index (κ1) is 15.4.